The van der Waals surface area contributed by atoms with Crippen LogP contribution in [-0.2, 0) is 20.9 Å². The molecule has 0 spiro atoms. The standard InChI is InChI=1S/C19H25N5O4S/c1-11-12(2)29-18-16(11)19(28)23(10-22-18)8-6-14(25)21-9-15(26)24-7-4-5-13(24)17(27)20-3/h10,13H,4-9H2,1-3H3,(H,20,27)(H,21,25). The Bertz CT molecular complexity index is 1010. The number of hydrogen-bond donors (Lipinski definition) is 2. The van der Waals surface area contributed by atoms with Crippen molar-refractivity contribution < 1.29 is 14.4 Å². The molecule has 0 aliphatic carbocycles. The van der Waals surface area contributed by atoms with Crippen molar-refractivity contribution in [3.63, 3.8) is 0 Å². The first kappa shape index (κ1) is 21.0. The third-order valence-corrected chi connectivity index (χ3v) is 6.41. The Labute approximate surface area is 172 Å². The van der Waals surface area contributed by atoms with E-state index in [1.54, 1.807) is 0 Å². The number of hydrogen-bond acceptors (Lipinski definition) is 6. The summed E-state index contributed by atoms with van der Waals surface area (Å²) in [6.07, 6.45) is 2.90. The molecule has 2 aromatic heterocycles. The number of aryl methyl sites for hydroxylation is 3. The van der Waals surface area contributed by atoms with Gasteiger partial charge in [0.2, 0.25) is 17.7 Å². The van der Waals surface area contributed by atoms with Crippen molar-refractivity contribution in [3.05, 3.63) is 27.1 Å². The summed E-state index contributed by atoms with van der Waals surface area (Å²) in [4.78, 5) is 56.6. The van der Waals surface area contributed by atoms with Crippen molar-refractivity contribution in [2.45, 2.75) is 45.7 Å². The Balaban J connectivity index is 1.55. The number of likely N-dealkylation sites (N-methyl/N-ethyl adjacent to an activating group) is 1. The highest BCUT2D eigenvalue weighted by Gasteiger charge is 2.33. The highest BCUT2D eigenvalue weighted by Crippen LogP contribution is 2.25. The van der Waals surface area contributed by atoms with E-state index in [0.717, 1.165) is 16.9 Å². The lowest BCUT2D eigenvalue weighted by Crippen LogP contribution is -2.48. The predicted octanol–water partition coefficient (Wildman–Crippen LogP) is 0.318. The van der Waals surface area contributed by atoms with Crippen molar-refractivity contribution in [2.24, 2.45) is 0 Å². The van der Waals surface area contributed by atoms with E-state index >= 15 is 0 Å². The summed E-state index contributed by atoms with van der Waals surface area (Å²) in [6, 6.07) is -0.474. The number of fused-ring (bicyclic) bond motifs is 1. The number of rotatable bonds is 6. The van der Waals surface area contributed by atoms with Crippen LogP contribution in [0.2, 0.25) is 0 Å². The zero-order valence-corrected chi connectivity index (χ0v) is 17.6. The van der Waals surface area contributed by atoms with Crippen LogP contribution in [0.5, 0.6) is 0 Å². The second-order valence-electron chi connectivity index (χ2n) is 7.09. The maximum Gasteiger partial charge on any atom is 0.262 e. The molecular formula is C19H25N5O4S. The van der Waals surface area contributed by atoms with Gasteiger partial charge in [-0.25, -0.2) is 4.98 Å². The van der Waals surface area contributed by atoms with E-state index in [1.165, 1.54) is 34.2 Å². The van der Waals surface area contributed by atoms with E-state index in [2.05, 4.69) is 15.6 Å². The third-order valence-electron chi connectivity index (χ3n) is 5.29. The monoisotopic (exact) mass is 419 g/mol. The number of amides is 3. The highest BCUT2D eigenvalue weighted by molar-refractivity contribution is 7.18. The Morgan fingerprint density at radius 2 is 2.07 bits per heavy atom. The first-order chi connectivity index (χ1) is 13.8. The Kier molecular flexibility index (Phi) is 6.31. The molecule has 1 fully saturated rings. The molecule has 1 aliphatic rings. The van der Waals surface area contributed by atoms with Gasteiger partial charge < -0.3 is 15.5 Å². The first-order valence-electron chi connectivity index (χ1n) is 9.56. The van der Waals surface area contributed by atoms with Crippen molar-refractivity contribution in [3.8, 4) is 0 Å². The van der Waals surface area contributed by atoms with Crippen LogP contribution in [0.4, 0.5) is 0 Å². The number of thiophene rings is 1. The lowest BCUT2D eigenvalue weighted by atomic mass is 10.2. The minimum absolute atomic E-state index is 0.0570. The van der Waals surface area contributed by atoms with Gasteiger partial charge >= 0.3 is 0 Å². The van der Waals surface area contributed by atoms with E-state index in [0.29, 0.717) is 23.2 Å². The van der Waals surface area contributed by atoms with Crippen molar-refractivity contribution in [1.82, 2.24) is 25.1 Å². The number of carbonyl (C=O) groups excluding carboxylic acids is 3. The molecule has 2 N–H and O–H groups in total. The van der Waals surface area contributed by atoms with Gasteiger partial charge in [0.25, 0.3) is 5.56 Å². The van der Waals surface area contributed by atoms with Gasteiger partial charge in [-0.05, 0) is 32.3 Å². The van der Waals surface area contributed by atoms with Gasteiger partial charge in [0.1, 0.15) is 10.9 Å². The number of likely N-dealkylation sites (tertiary alicyclic amines) is 1. The molecule has 3 heterocycles. The van der Waals surface area contributed by atoms with Crippen molar-refractivity contribution in [2.75, 3.05) is 20.1 Å². The van der Waals surface area contributed by atoms with E-state index in [9.17, 15) is 19.2 Å². The molecule has 3 rings (SSSR count). The number of aromatic nitrogens is 2. The van der Waals surface area contributed by atoms with E-state index in [-0.39, 0.29) is 42.8 Å². The maximum atomic E-state index is 12.6. The fraction of sp³-hybridized carbons (Fsp3) is 0.526. The molecule has 10 heteroatoms. The highest BCUT2D eigenvalue weighted by atomic mass is 32.1. The molecule has 0 radical (unpaired) electrons. The summed E-state index contributed by atoms with van der Waals surface area (Å²) in [5.74, 6) is -0.809. The Hall–Kier alpha value is -2.75. The Morgan fingerprint density at radius 3 is 2.79 bits per heavy atom. The van der Waals surface area contributed by atoms with E-state index < -0.39 is 6.04 Å². The third kappa shape index (κ3) is 4.31. The quantitative estimate of drug-likeness (QED) is 0.700. The van der Waals surface area contributed by atoms with Crippen LogP contribution in [0.25, 0.3) is 10.2 Å². The molecule has 2 aromatic rings. The van der Waals surface area contributed by atoms with Crippen LogP contribution >= 0.6 is 11.3 Å². The van der Waals surface area contributed by atoms with Crippen molar-refractivity contribution in [1.29, 1.82) is 0 Å². The molecule has 1 unspecified atom stereocenters. The molecule has 0 aromatic carbocycles. The van der Waals surface area contributed by atoms with Crippen LogP contribution in [0.1, 0.15) is 29.7 Å². The molecule has 1 aliphatic heterocycles. The predicted molar refractivity (Wildman–Crippen MR) is 110 cm³/mol. The summed E-state index contributed by atoms with van der Waals surface area (Å²) < 4.78 is 1.42. The van der Waals surface area contributed by atoms with Gasteiger partial charge in [-0.1, -0.05) is 0 Å². The second kappa shape index (κ2) is 8.73. The minimum atomic E-state index is -0.474. The number of carbonyl (C=O) groups is 3. The van der Waals surface area contributed by atoms with Crippen LogP contribution < -0.4 is 16.2 Å². The molecule has 0 saturated carbocycles. The second-order valence-corrected chi connectivity index (χ2v) is 8.30. The summed E-state index contributed by atoms with van der Waals surface area (Å²) in [6.45, 7) is 4.37. The first-order valence-corrected chi connectivity index (χ1v) is 10.4. The summed E-state index contributed by atoms with van der Waals surface area (Å²) >= 11 is 1.48. The molecule has 3 amide bonds. The van der Waals surface area contributed by atoms with E-state index in [1.807, 2.05) is 13.8 Å². The molecule has 1 atom stereocenters. The molecule has 156 valence electrons. The molecule has 9 nitrogen and oxygen atoms in total. The topological polar surface area (TPSA) is 113 Å². The lowest BCUT2D eigenvalue weighted by molar-refractivity contribution is -0.138. The summed E-state index contributed by atoms with van der Waals surface area (Å²) in [7, 11) is 1.54. The normalized spacial score (nSPS) is 16.2. The molecular weight excluding hydrogens is 394 g/mol. The lowest BCUT2D eigenvalue weighted by Gasteiger charge is -2.23. The van der Waals surface area contributed by atoms with Gasteiger partial charge in [0.15, 0.2) is 0 Å². The van der Waals surface area contributed by atoms with Gasteiger partial charge in [-0.3, -0.25) is 23.7 Å². The van der Waals surface area contributed by atoms with Gasteiger partial charge in [-0.15, -0.1) is 11.3 Å². The SMILES string of the molecule is CNC(=O)C1CCCN1C(=O)CNC(=O)CCn1cnc2sc(C)c(C)c2c1=O. The number of nitrogens with one attached hydrogen (secondary N) is 2. The van der Waals surface area contributed by atoms with Crippen LogP contribution in [0, 0.1) is 13.8 Å². The van der Waals surface area contributed by atoms with Gasteiger partial charge in [-0.2, -0.15) is 0 Å². The van der Waals surface area contributed by atoms with E-state index in [4.69, 9.17) is 0 Å². The minimum Gasteiger partial charge on any atom is -0.357 e. The summed E-state index contributed by atoms with van der Waals surface area (Å²) in [5, 5.41) is 5.74. The van der Waals surface area contributed by atoms with Crippen LogP contribution in [0.15, 0.2) is 11.1 Å². The molecule has 1 saturated heterocycles. The Morgan fingerprint density at radius 1 is 1.31 bits per heavy atom. The fourth-order valence-electron chi connectivity index (χ4n) is 3.52. The maximum absolute atomic E-state index is 12.6. The zero-order chi connectivity index (χ0) is 21.1. The largest absolute Gasteiger partial charge is 0.357 e. The number of nitrogens with zero attached hydrogens (tertiary/aromatic N) is 3. The smallest absolute Gasteiger partial charge is 0.262 e. The van der Waals surface area contributed by atoms with Gasteiger partial charge in [0, 0.05) is 31.4 Å². The average molecular weight is 420 g/mol. The zero-order valence-electron chi connectivity index (χ0n) is 16.8. The van der Waals surface area contributed by atoms with Crippen molar-refractivity contribution >= 4 is 39.3 Å². The molecule has 0 bridgehead atoms. The summed E-state index contributed by atoms with van der Waals surface area (Å²) in [5.41, 5.74) is 0.759. The fourth-order valence-corrected chi connectivity index (χ4v) is 4.51. The average Bonchev–Trinajstić information content (AvgIpc) is 3.30. The van der Waals surface area contributed by atoms with Crippen LogP contribution in [0.3, 0.4) is 0 Å². The van der Waals surface area contributed by atoms with Crippen LogP contribution in [-0.4, -0.2) is 58.4 Å². The van der Waals surface area contributed by atoms with Gasteiger partial charge in [0.05, 0.1) is 18.3 Å². The molecule has 29 heavy (non-hydrogen) atoms.